The van der Waals surface area contributed by atoms with E-state index in [0.29, 0.717) is 27.5 Å². The molecule has 0 N–H and O–H groups in total. The third-order valence-electron chi connectivity index (χ3n) is 9.68. The molecule has 1 aromatic heterocycles. The molecule has 0 atom stereocenters. The van der Waals surface area contributed by atoms with E-state index >= 15 is 0 Å². The molecule has 0 aliphatic heterocycles. The van der Waals surface area contributed by atoms with Gasteiger partial charge in [0.15, 0.2) is 0 Å². The first kappa shape index (κ1) is 19.4. The summed E-state index contributed by atoms with van der Waals surface area (Å²) in [6.07, 6.45) is 0. The molecule has 0 unspecified atom stereocenters. The van der Waals surface area contributed by atoms with Crippen LogP contribution in [-0.2, 0) is 0 Å². The molecule has 45 heavy (non-hydrogen) atoms. The highest BCUT2D eigenvalue weighted by atomic mass is 16.3. The van der Waals surface area contributed by atoms with Crippen molar-refractivity contribution >= 4 is 86.6 Å². The summed E-state index contributed by atoms with van der Waals surface area (Å²) < 4.78 is 52.9. The lowest BCUT2D eigenvalue weighted by molar-refractivity contribution is 0.669. The Kier molecular flexibility index (Phi) is 3.61. The molecule has 0 amide bonds. The van der Waals surface area contributed by atoms with Gasteiger partial charge in [-0.2, -0.15) is 0 Å². The quantitative estimate of drug-likeness (QED) is 0.188. The first-order valence-corrected chi connectivity index (χ1v) is 15.2. The number of hydrogen-bond acceptors (Lipinski definition) is 1. The van der Waals surface area contributed by atoms with E-state index < -0.39 is 0 Å². The zero-order valence-corrected chi connectivity index (χ0v) is 23.9. The number of rotatable bonds is 2. The van der Waals surface area contributed by atoms with Crippen molar-refractivity contribution in [3.05, 3.63) is 145 Å². The van der Waals surface area contributed by atoms with Crippen molar-refractivity contribution in [1.29, 1.82) is 0 Å². The van der Waals surface area contributed by atoms with Crippen LogP contribution in [0.3, 0.4) is 0 Å². The van der Waals surface area contributed by atoms with Crippen LogP contribution in [0.4, 0.5) is 0 Å². The van der Waals surface area contributed by atoms with Crippen molar-refractivity contribution in [1.82, 2.24) is 0 Å². The zero-order chi connectivity index (χ0) is 33.6. The third-order valence-corrected chi connectivity index (χ3v) is 9.68. The molecule has 10 aromatic carbocycles. The van der Waals surface area contributed by atoms with Crippen molar-refractivity contribution in [3.63, 3.8) is 0 Å². The maximum Gasteiger partial charge on any atom is 0.135 e. The van der Waals surface area contributed by atoms with Gasteiger partial charge in [-0.25, -0.2) is 0 Å². The molecule has 0 aliphatic rings. The normalized spacial score (nSPS) is 14.0. The highest BCUT2D eigenvalue weighted by molar-refractivity contribution is 6.27. The van der Waals surface area contributed by atoms with E-state index in [1.807, 2.05) is 24.3 Å². The molecule has 0 fully saturated rings. The van der Waals surface area contributed by atoms with E-state index in [1.165, 1.54) is 0 Å². The second kappa shape index (κ2) is 8.37. The Morgan fingerprint density at radius 3 is 1.36 bits per heavy atom. The average molecular weight is 574 g/mol. The molecule has 0 saturated heterocycles. The lowest BCUT2D eigenvalue weighted by Gasteiger charge is -2.14. The first-order chi connectivity index (χ1) is 24.4. The van der Waals surface area contributed by atoms with Crippen molar-refractivity contribution in [2.75, 3.05) is 0 Å². The Hall–Kier alpha value is -5.92. The van der Waals surface area contributed by atoms with Crippen LogP contribution in [-0.4, -0.2) is 0 Å². The van der Waals surface area contributed by atoms with Crippen LogP contribution in [0.1, 0.15) is 6.85 Å². The monoisotopic (exact) mass is 573 g/mol. The number of hydrogen-bond donors (Lipinski definition) is 0. The van der Waals surface area contributed by atoms with Gasteiger partial charge in [-0.3, -0.25) is 0 Å². The minimum absolute atomic E-state index is 0.0438. The molecule has 0 saturated carbocycles. The van der Waals surface area contributed by atoms with Crippen molar-refractivity contribution in [3.8, 4) is 22.3 Å². The first-order valence-electron chi connectivity index (χ1n) is 17.7. The molecule has 11 rings (SSSR count). The largest absolute Gasteiger partial charge is 0.456 e. The van der Waals surface area contributed by atoms with Crippen molar-refractivity contribution in [2.24, 2.45) is 0 Å². The van der Waals surface area contributed by atoms with Gasteiger partial charge in [0.2, 0.25) is 0 Å². The number of fused-ring (bicyclic) bond motifs is 3. The lowest BCUT2D eigenvalue weighted by atomic mass is 9.89. The van der Waals surface area contributed by atoms with E-state index in [9.17, 15) is 4.11 Å². The molecular weight excluding hydrogens is 544 g/mol. The summed E-state index contributed by atoms with van der Waals surface area (Å²) in [5.41, 5.74) is 2.61. The number of benzene rings is 10. The smallest absolute Gasteiger partial charge is 0.135 e. The van der Waals surface area contributed by atoms with E-state index in [4.69, 9.17) is 7.16 Å². The van der Waals surface area contributed by atoms with Gasteiger partial charge in [-0.1, -0.05) is 121 Å². The van der Waals surface area contributed by atoms with Gasteiger partial charge in [0.05, 0.1) is 6.85 Å². The van der Waals surface area contributed by atoms with Crippen molar-refractivity contribution in [2.45, 2.75) is 0 Å². The van der Waals surface area contributed by atoms with Gasteiger partial charge in [-0.05, 0) is 111 Å². The third kappa shape index (κ3) is 3.12. The second-order valence-electron chi connectivity index (χ2n) is 12.0. The van der Waals surface area contributed by atoms with Crippen LogP contribution in [0, 0.1) is 0 Å². The molecule has 1 heteroatoms. The van der Waals surface area contributed by atoms with E-state index in [2.05, 4.69) is 84.9 Å². The maximum atomic E-state index is 9.65. The van der Waals surface area contributed by atoms with Gasteiger partial charge in [0.1, 0.15) is 11.2 Å². The predicted octanol–water partition coefficient (Wildman–Crippen LogP) is 12.7. The predicted molar refractivity (Wildman–Crippen MR) is 192 cm³/mol. The summed E-state index contributed by atoms with van der Waals surface area (Å²) in [6, 6.07) is 38.9. The standard InChI is InChI=1S/C44H24O/c1-3-25-7-9-29-11-17-33(35-19-13-27(5-1)41(25)43(29)35)31-15-21-39-37(23-31)38-24-32(16-22-40(38)45-39)34-18-12-30-10-8-26-4-2-6-28-14-20-36(34)44(30)42(26)28/h1-24H/i15D,16D,21D,23D,24D. The summed E-state index contributed by atoms with van der Waals surface area (Å²) in [7, 11) is 0. The fourth-order valence-corrected chi connectivity index (χ4v) is 7.64. The topological polar surface area (TPSA) is 13.1 Å². The minimum Gasteiger partial charge on any atom is -0.456 e. The molecule has 0 aliphatic carbocycles. The number of furan rings is 1. The lowest BCUT2D eigenvalue weighted by Crippen LogP contribution is -1.87. The molecule has 206 valence electrons. The van der Waals surface area contributed by atoms with Gasteiger partial charge < -0.3 is 4.42 Å². The molecular formula is C44H24O. The average Bonchev–Trinajstić information content (AvgIpc) is 3.53. The molecule has 11 aromatic rings. The molecule has 1 nitrogen and oxygen atoms in total. The van der Waals surface area contributed by atoms with E-state index in [-0.39, 0.29) is 41.4 Å². The highest BCUT2D eigenvalue weighted by Crippen LogP contribution is 2.43. The Balaban J connectivity index is 1.23. The molecule has 0 radical (unpaired) electrons. The summed E-state index contributed by atoms with van der Waals surface area (Å²) in [6.45, 7) is 0. The van der Waals surface area contributed by atoms with Gasteiger partial charge >= 0.3 is 0 Å². The van der Waals surface area contributed by atoms with Gasteiger partial charge in [0, 0.05) is 10.8 Å². The minimum atomic E-state index is -0.136. The van der Waals surface area contributed by atoms with E-state index in [0.717, 1.165) is 70.2 Å². The van der Waals surface area contributed by atoms with Crippen molar-refractivity contribution < 1.29 is 11.3 Å². The molecule has 0 spiro atoms. The van der Waals surface area contributed by atoms with Crippen LogP contribution in [0.25, 0.3) is 109 Å². The zero-order valence-electron chi connectivity index (χ0n) is 28.9. The second-order valence-corrected chi connectivity index (χ2v) is 12.0. The summed E-state index contributed by atoms with van der Waals surface area (Å²) in [5, 5.41) is 13.7. The fourth-order valence-electron chi connectivity index (χ4n) is 7.64. The Morgan fingerprint density at radius 1 is 0.356 bits per heavy atom. The maximum absolute atomic E-state index is 9.65. The fraction of sp³-hybridized carbons (Fsp3) is 0. The van der Waals surface area contributed by atoms with Crippen LogP contribution < -0.4 is 0 Å². The Bertz CT molecular complexity index is 3230. The van der Waals surface area contributed by atoms with Gasteiger partial charge in [-0.15, -0.1) is 0 Å². The Morgan fingerprint density at radius 2 is 0.800 bits per heavy atom. The highest BCUT2D eigenvalue weighted by Gasteiger charge is 2.16. The van der Waals surface area contributed by atoms with E-state index in [1.54, 1.807) is 6.07 Å². The van der Waals surface area contributed by atoms with Crippen LogP contribution in [0.15, 0.2) is 150 Å². The summed E-state index contributed by atoms with van der Waals surface area (Å²) >= 11 is 0. The van der Waals surface area contributed by atoms with Crippen LogP contribution in [0.5, 0.6) is 0 Å². The molecule has 0 bridgehead atoms. The van der Waals surface area contributed by atoms with Gasteiger partial charge in [0.25, 0.3) is 0 Å². The SMILES string of the molecule is [2H]c1cc2oc3c([2H])c([2H])c(-c4ccc5ccc6cccc7ccc4c5c67)c([2H])c3c2c([2H])c1-c1ccc2ccc3cccc4ccc1c2c34. The Labute approximate surface area is 265 Å². The van der Waals surface area contributed by atoms with Crippen LogP contribution >= 0.6 is 0 Å². The summed E-state index contributed by atoms with van der Waals surface area (Å²) in [4.78, 5) is 0. The summed E-state index contributed by atoms with van der Waals surface area (Å²) in [5.74, 6) is 0. The molecule has 1 heterocycles. The van der Waals surface area contributed by atoms with Crippen LogP contribution in [0.2, 0.25) is 0 Å².